The van der Waals surface area contributed by atoms with Gasteiger partial charge in [-0.25, -0.2) is 4.39 Å². The molecule has 7 heteroatoms. The summed E-state index contributed by atoms with van der Waals surface area (Å²) in [6.45, 7) is 0.415. The van der Waals surface area contributed by atoms with Crippen molar-refractivity contribution in [3.8, 4) is 0 Å². The normalized spacial score (nSPS) is 16.6. The molecule has 0 aromatic heterocycles. The lowest BCUT2D eigenvalue weighted by Crippen LogP contribution is -2.29. The number of thiocarbonyl (C=S) groups is 1. The Kier molecular flexibility index (Phi) is 5.68. The highest BCUT2D eigenvalue weighted by molar-refractivity contribution is 8.26. The van der Waals surface area contributed by atoms with Crippen molar-refractivity contribution in [2.75, 3.05) is 6.54 Å². The van der Waals surface area contributed by atoms with Crippen molar-refractivity contribution in [3.05, 3.63) is 40.6 Å². The van der Waals surface area contributed by atoms with E-state index in [0.29, 0.717) is 28.6 Å². The molecule has 0 aliphatic carbocycles. The summed E-state index contributed by atoms with van der Waals surface area (Å²) in [6.07, 6.45) is 2.85. The van der Waals surface area contributed by atoms with Crippen molar-refractivity contribution < 1.29 is 19.1 Å². The zero-order chi connectivity index (χ0) is 16.1. The lowest BCUT2D eigenvalue weighted by Gasteiger charge is -2.13. The first-order valence-corrected chi connectivity index (χ1v) is 7.92. The number of carboxylic acid groups (broad SMARTS) is 1. The third kappa shape index (κ3) is 4.38. The van der Waals surface area contributed by atoms with E-state index in [1.54, 1.807) is 18.2 Å². The van der Waals surface area contributed by atoms with E-state index in [1.165, 1.54) is 28.8 Å². The van der Waals surface area contributed by atoms with Crippen LogP contribution in [0, 0.1) is 5.82 Å². The fourth-order valence-electron chi connectivity index (χ4n) is 1.95. The molecule has 0 bridgehead atoms. The van der Waals surface area contributed by atoms with Gasteiger partial charge in [-0.15, -0.1) is 0 Å². The van der Waals surface area contributed by atoms with E-state index in [-0.39, 0.29) is 18.1 Å². The van der Waals surface area contributed by atoms with Gasteiger partial charge in [0.2, 0.25) is 0 Å². The number of thioether (sulfide) groups is 1. The second-order valence-electron chi connectivity index (χ2n) is 4.74. The van der Waals surface area contributed by atoms with E-state index in [0.717, 1.165) is 5.56 Å². The summed E-state index contributed by atoms with van der Waals surface area (Å²) in [5.41, 5.74) is 0.729. The van der Waals surface area contributed by atoms with Crippen molar-refractivity contribution in [2.24, 2.45) is 0 Å². The van der Waals surface area contributed by atoms with Gasteiger partial charge in [0.05, 0.1) is 4.91 Å². The van der Waals surface area contributed by atoms with Crippen LogP contribution in [0.4, 0.5) is 4.39 Å². The SMILES string of the molecule is O=C(O)CCCCN1C(=O)/C(=C\c2ccc(F)cc2)SC1=S. The first kappa shape index (κ1) is 16.6. The fourth-order valence-corrected chi connectivity index (χ4v) is 3.26. The van der Waals surface area contributed by atoms with Crippen molar-refractivity contribution in [1.29, 1.82) is 0 Å². The van der Waals surface area contributed by atoms with Gasteiger partial charge >= 0.3 is 5.97 Å². The van der Waals surface area contributed by atoms with Crippen LogP contribution in [0.25, 0.3) is 6.08 Å². The van der Waals surface area contributed by atoms with E-state index >= 15 is 0 Å². The molecule has 1 aromatic carbocycles. The van der Waals surface area contributed by atoms with E-state index < -0.39 is 5.97 Å². The van der Waals surface area contributed by atoms with Gasteiger partial charge in [-0.2, -0.15) is 0 Å². The van der Waals surface area contributed by atoms with Crippen LogP contribution < -0.4 is 0 Å². The third-order valence-corrected chi connectivity index (χ3v) is 4.44. The molecule has 4 nitrogen and oxygen atoms in total. The van der Waals surface area contributed by atoms with Crippen LogP contribution in [-0.2, 0) is 9.59 Å². The number of unbranched alkanes of at least 4 members (excludes halogenated alkanes) is 1. The molecule has 1 fully saturated rings. The number of rotatable bonds is 6. The Bertz CT molecular complexity index is 628. The Morgan fingerprint density at radius 2 is 2.00 bits per heavy atom. The summed E-state index contributed by atoms with van der Waals surface area (Å²) in [4.78, 5) is 24.7. The maximum Gasteiger partial charge on any atom is 0.303 e. The Morgan fingerprint density at radius 1 is 1.32 bits per heavy atom. The predicted molar refractivity (Wildman–Crippen MR) is 87.8 cm³/mol. The maximum atomic E-state index is 12.9. The molecule has 0 radical (unpaired) electrons. The number of benzene rings is 1. The summed E-state index contributed by atoms with van der Waals surface area (Å²) in [7, 11) is 0. The van der Waals surface area contributed by atoms with Gasteiger partial charge in [0, 0.05) is 13.0 Å². The topological polar surface area (TPSA) is 57.6 Å². The number of halogens is 1. The smallest absolute Gasteiger partial charge is 0.303 e. The molecule has 1 saturated heterocycles. The van der Waals surface area contributed by atoms with Gasteiger partial charge in [0.1, 0.15) is 10.1 Å². The lowest BCUT2D eigenvalue weighted by atomic mass is 10.2. The molecule has 1 aliphatic heterocycles. The number of carbonyl (C=O) groups excluding carboxylic acids is 1. The molecule has 0 unspecified atom stereocenters. The minimum absolute atomic E-state index is 0.0835. The second kappa shape index (κ2) is 7.51. The van der Waals surface area contributed by atoms with Crippen LogP contribution in [0.2, 0.25) is 0 Å². The fraction of sp³-hybridized carbons (Fsp3) is 0.267. The zero-order valence-electron chi connectivity index (χ0n) is 11.6. The Labute approximate surface area is 137 Å². The number of carbonyl (C=O) groups is 2. The molecule has 116 valence electrons. The van der Waals surface area contributed by atoms with Crippen LogP contribution >= 0.6 is 24.0 Å². The van der Waals surface area contributed by atoms with Crippen molar-refractivity contribution in [3.63, 3.8) is 0 Å². The Balaban J connectivity index is 1.99. The number of amides is 1. The minimum atomic E-state index is -0.846. The average Bonchev–Trinajstić information content (AvgIpc) is 2.72. The van der Waals surface area contributed by atoms with Gasteiger partial charge in [-0.1, -0.05) is 36.1 Å². The number of carboxylic acids is 1. The van der Waals surface area contributed by atoms with E-state index in [2.05, 4.69) is 0 Å². The number of aliphatic carboxylic acids is 1. The number of hydrogen-bond donors (Lipinski definition) is 1. The molecule has 0 atom stereocenters. The molecule has 2 rings (SSSR count). The molecular weight excluding hydrogens is 325 g/mol. The molecule has 1 aromatic rings. The predicted octanol–water partition coefficient (Wildman–Crippen LogP) is 3.28. The Hall–Kier alpha value is -1.73. The van der Waals surface area contributed by atoms with Crippen LogP contribution in [0.3, 0.4) is 0 Å². The Morgan fingerprint density at radius 3 is 2.64 bits per heavy atom. The van der Waals surface area contributed by atoms with Gasteiger partial charge in [-0.05, 0) is 36.6 Å². The first-order valence-electron chi connectivity index (χ1n) is 6.70. The summed E-state index contributed by atoms with van der Waals surface area (Å²) >= 11 is 6.39. The van der Waals surface area contributed by atoms with Crippen molar-refractivity contribution >= 4 is 46.3 Å². The van der Waals surface area contributed by atoms with Gasteiger partial charge in [-0.3, -0.25) is 14.5 Å². The monoisotopic (exact) mass is 339 g/mol. The number of nitrogens with zero attached hydrogens (tertiary/aromatic N) is 1. The molecule has 1 heterocycles. The number of hydrogen-bond acceptors (Lipinski definition) is 4. The van der Waals surface area contributed by atoms with E-state index in [4.69, 9.17) is 17.3 Å². The van der Waals surface area contributed by atoms with Gasteiger partial charge in [0.15, 0.2) is 0 Å². The van der Waals surface area contributed by atoms with Crippen LogP contribution in [-0.4, -0.2) is 32.7 Å². The highest BCUT2D eigenvalue weighted by atomic mass is 32.2. The minimum Gasteiger partial charge on any atom is -0.481 e. The third-order valence-electron chi connectivity index (χ3n) is 3.06. The van der Waals surface area contributed by atoms with Crippen LogP contribution in [0.5, 0.6) is 0 Å². The summed E-state index contributed by atoms with van der Waals surface area (Å²) in [5, 5.41) is 8.59. The lowest BCUT2D eigenvalue weighted by molar-refractivity contribution is -0.137. The van der Waals surface area contributed by atoms with Gasteiger partial charge in [0.25, 0.3) is 5.91 Å². The van der Waals surface area contributed by atoms with Gasteiger partial charge < -0.3 is 5.11 Å². The standard InChI is InChI=1S/C15H14FNO3S2/c16-11-6-4-10(5-7-11)9-12-14(20)17(15(21)22-12)8-2-1-3-13(18)19/h4-7,9H,1-3,8H2,(H,18,19)/b12-9+. The molecule has 22 heavy (non-hydrogen) atoms. The second-order valence-corrected chi connectivity index (χ2v) is 6.41. The van der Waals surface area contributed by atoms with Crippen LogP contribution in [0.15, 0.2) is 29.2 Å². The maximum absolute atomic E-state index is 12.9. The highest BCUT2D eigenvalue weighted by Gasteiger charge is 2.31. The molecular formula is C15H14FNO3S2. The quantitative estimate of drug-likeness (QED) is 0.490. The highest BCUT2D eigenvalue weighted by Crippen LogP contribution is 2.32. The summed E-state index contributed by atoms with van der Waals surface area (Å²) in [5.74, 6) is -1.36. The summed E-state index contributed by atoms with van der Waals surface area (Å²) < 4.78 is 13.3. The summed E-state index contributed by atoms with van der Waals surface area (Å²) in [6, 6.07) is 5.85. The molecule has 0 spiro atoms. The molecule has 0 saturated carbocycles. The van der Waals surface area contributed by atoms with Crippen LogP contribution in [0.1, 0.15) is 24.8 Å². The molecule has 1 N–H and O–H groups in total. The molecule has 1 amide bonds. The van der Waals surface area contributed by atoms with E-state index in [1.807, 2.05) is 0 Å². The van der Waals surface area contributed by atoms with E-state index in [9.17, 15) is 14.0 Å². The molecule has 1 aliphatic rings. The first-order chi connectivity index (χ1) is 10.5. The zero-order valence-corrected chi connectivity index (χ0v) is 13.3. The average molecular weight is 339 g/mol. The largest absolute Gasteiger partial charge is 0.481 e. The van der Waals surface area contributed by atoms with Crippen molar-refractivity contribution in [1.82, 2.24) is 4.90 Å². The van der Waals surface area contributed by atoms with Crippen molar-refractivity contribution in [2.45, 2.75) is 19.3 Å².